The van der Waals surface area contributed by atoms with E-state index >= 15 is 4.39 Å². The molecular formula is C26H25F4N5O2S. The standard InChI is InChI=1S/C26H25F4N5O2S/c27-18-15-17(5-6-21(18)37-14-4-13-33-11-1-2-12-33)35-24(38)34(23(36)25(35)8-3-9-25)20-7-10-32-19(16-31)22(20)26(28,29)30/h5-7,10,15H,1-4,8-9,11-14H2. The van der Waals surface area contributed by atoms with Crippen molar-refractivity contribution in [3.05, 3.63) is 47.5 Å². The molecule has 3 fully saturated rings. The van der Waals surface area contributed by atoms with Crippen LogP contribution in [0.2, 0.25) is 0 Å². The van der Waals surface area contributed by atoms with Crippen LogP contribution in [0.25, 0.3) is 0 Å². The molecule has 12 heteroatoms. The number of ether oxygens (including phenoxy) is 1. The van der Waals surface area contributed by atoms with E-state index < -0.39 is 40.4 Å². The van der Waals surface area contributed by atoms with Gasteiger partial charge in [0, 0.05) is 24.5 Å². The highest BCUT2D eigenvalue weighted by Gasteiger charge is 2.60. The van der Waals surface area contributed by atoms with Gasteiger partial charge in [0.1, 0.15) is 17.2 Å². The number of thiocarbonyl (C=S) groups is 1. The zero-order valence-electron chi connectivity index (χ0n) is 20.4. The molecule has 3 heterocycles. The normalized spacial score (nSPS) is 19.2. The van der Waals surface area contributed by atoms with Crippen LogP contribution >= 0.6 is 12.2 Å². The Morgan fingerprint density at radius 1 is 1.16 bits per heavy atom. The van der Waals surface area contributed by atoms with Crippen LogP contribution in [0.4, 0.5) is 28.9 Å². The van der Waals surface area contributed by atoms with Crippen molar-refractivity contribution < 1.29 is 27.1 Å². The molecule has 2 aliphatic heterocycles. The Morgan fingerprint density at radius 3 is 2.50 bits per heavy atom. The summed E-state index contributed by atoms with van der Waals surface area (Å²) in [4.78, 5) is 21.7. The van der Waals surface area contributed by atoms with Crippen LogP contribution in [0.15, 0.2) is 30.5 Å². The van der Waals surface area contributed by atoms with Crippen molar-refractivity contribution in [2.45, 2.75) is 50.2 Å². The minimum absolute atomic E-state index is 0.0540. The minimum atomic E-state index is -4.95. The Bertz CT molecular complexity index is 1300. The lowest BCUT2D eigenvalue weighted by Gasteiger charge is -2.43. The number of nitriles is 1. The van der Waals surface area contributed by atoms with Gasteiger partial charge in [0.25, 0.3) is 5.91 Å². The molecule has 1 spiro atoms. The second-order valence-electron chi connectivity index (χ2n) is 9.67. The Hall–Kier alpha value is -3.30. The SMILES string of the molecule is N#Cc1nccc(N2C(=O)C3(CCC3)N(c3ccc(OCCCN4CCCC4)c(F)c3)C2=S)c1C(F)(F)F. The van der Waals surface area contributed by atoms with Gasteiger partial charge in [-0.2, -0.15) is 18.4 Å². The van der Waals surface area contributed by atoms with E-state index in [2.05, 4.69) is 9.88 Å². The zero-order valence-corrected chi connectivity index (χ0v) is 21.2. The number of amides is 1. The summed E-state index contributed by atoms with van der Waals surface area (Å²) in [5.41, 5.74) is -3.73. The molecule has 5 rings (SSSR count). The topological polar surface area (TPSA) is 72.7 Å². The average molecular weight is 548 g/mol. The largest absolute Gasteiger partial charge is 0.490 e. The summed E-state index contributed by atoms with van der Waals surface area (Å²) in [5.74, 6) is -1.24. The number of carbonyl (C=O) groups excluding carboxylic acids is 1. The fraction of sp³-hybridized carbons (Fsp3) is 0.462. The molecule has 0 atom stereocenters. The Labute approximate surface area is 222 Å². The van der Waals surface area contributed by atoms with E-state index in [0.717, 1.165) is 43.2 Å². The Balaban J connectivity index is 1.42. The molecule has 0 unspecified atom stereocenters. The first-order chi connectivity index (χ1) is 18.2. The summed E-state index contributed by atoms with van der Waals surface area (Å²) in [7, 11) is 0. The van der Waals surface area contributed by atoms with Crippen molar-refractivity contribution in [3.8, 4) is 11.8 Å². The van der Waals surface area contributed by atoms with Crippen molar-refractivity contribution >= 4 is 34.6 Å². The maximum atomic E-state index is 15.1. The van der Waals surface area contributed by atoms with Gasteiger partial charge >= 0.3 is 6.18 Å². The molecule has 1 aromatic carbocycles. The minimum Gasteiger partial charge on any atom is -0.490 e. The smallest absolute Gasteiger partial charge is 0.421 e. The molecule has 2 aromatic rings. The summed E-state index contributed by atoms with van der Waals surface area (Å²) in [6, 6.07) is 6.66. The van der Waals surface area contributed by atoms with Crippen molar-refractivity contribution in [3.63, 3.8) is 0 Å². The van der Waals surface area contributed by atoms with E-state index in [0.29, 0.717) is 25.9 Å². The van der Waals surface area contributed by atoms with E-state index in [4.69, 9.17) is 17.0 Å². The van der Waals surface area contributed by atoms with Crippen molar-refractivity contribution in [1.29, 1.82) is 5.26 Å². The second-order valence-corrected chi connectivity index (χ2v) is 10.0. The van der Waals surface area contributed by atoms with Crippen molar-refractivity contribution in [2.24, 2.45) is 0 Å². The number of alkyl halides is 3. The van der Waals surface area contributed by atoms with Gasteiger partial charge in [-0.15, -0.1) is 0 Å². The number of benzene rings is 1. The molecule has 0 bridgehead atoms. The number of nitrogens with zero attached hydrogens (tertiary/aromatic N) is 5. The third kappa shape index (κ3) is 4.47. The van der Waals surface area contributed by atoms with Gasteiger partial charge < -0.3 is 14.5 Å². The lowest BCUT2D eigenvalue weighted by atomic mass is 9.75. The molecule has 0 radical (unpaired) electrons. The van der Waals surface area contributed by atoms with Gasteiger partial charge in [-0.1, -0.05) is 0 Å². The molecule has 3 aliphatic rings. The molecule has 0 N–H and O–H groups in total. The molecule has 1 amide bonds. The van der Waals surface area contributed by atoms with Crippen LogP contribution in [0.1, 0.15) is 49.8 Å². The molecule has 38 heavy (non-hydrogen) atoms. The summed E-state index contributed by atoms with van der Waals surface area (Å²) in [5, 5.41) is 9.03. The van der Waals surface area contributed by atoms with Crippen molar-refractivity contribution in [1.82, 2.24) is 9.88 Å². The number of carbonyl (C=O) groups is 1. The first-order valence-electron chi connectivity index (χ1n) is 12.5. The average Bonchev–Trinajstić information content (AvgIpc) is 3.45. The highest BCUT2D eigenvalue weighted by Crippen LogP contribution is 2.50. The number of rotatable bonds is 7. The zero-order chi connectivity index (χ0) is 27.1. The lowest BCUT2D eigenvalue weighted by Crippen LogP contribution is -2.55. The molecule has 200 valence electrons. The molecule has 1 saturated carbocycles. The number of likely N-dealkylation sites (tertiary alicyclic amines) is 1. The predicted octanol–water partition coefficient (Wildman–Crippen LogP) is 5.04. The molecule has 1 aromatic heterocycles. The second kappa shape index (κ2) is 10.1. The van der Waals surface area contributed by atoms with Gasteiger partial charge in [-0.25, -0.2) is 9.37 Å². The number of pyridine rings is 1. The van der Waals surface area contributed by atoms with Crippen LogP contribution in [0.3, 0.4) is 0 Å². The molecular weight excluding hydrogens is 522 g/mol. The van der Waals surface area contributed by atoms with Gasteiger partial charge in [0.2, 0.25) is 0 Å². The van der Waals surface area contributed by atoms with Crippen LogP contribution in [-0.2, 0) is 11.0 Å². The maximum absolute atomic E-state index is 15.1. The highest BCUT2D eigenvalue weighted by atomic mass is 32.1. The Kier molecular flexibility index (Phi) is 7.00. The third-order valence-electron chi connectivity index (χ3n) is 7.40. The first kappa shape index (κ1) is 26.3. The van der Waals surface area contributed by atoms with Gasteiger partial charge in [0.05, 0.1) is 12.3 Å². The van der Waals surface area contributed by atoms with Crippen LogP contribution in [0.5, 0.6) is 5.75 Å². The van der Waals surface area contributed by atoms with E-state index in [9.17, 15) is 23.2 Å². The van der Waals surface area contributed by atoms with E-state index in [1.54, 1.807) is 6.07 Å². The molecule has 7 nitrogen and oxygen atoms in total. The quantitative estimate of drug-likeness (QED) is 0.273. The van der Waals surface area contributed by atoms with E-state index in [1.807, 2.05) is 0 Å². The fourth-order valence-corrected chi connectivity index (χ4v) is 5.88. The number of hydrogen-bond donors (Lipinski definition) is 0. The first-order valence-corrected chi connectivity index (χ1v) is 12.9. The predicted molar refractivity (Wildman–Crippen MR) is 135 cm³/mol. The van der Waals surface area contributed by atoms with Gasteiger partial charge in [-0.05, 0) is 82.0 Å². The number of aromatic nitrogens is 1. The highest BCUT2D eigenvalue weighted by molar-refractivity contribution is 7.81. The van der Waals surface area contributed by atoms with E-state index in [-0.39, 0.29) is 16.5 Å². The lowest BCUT2D eigenvalue weighted by molar-refractivity contribution is -0.137. The number of hydrogen-bond acceptors (Lipinski definition) is 6. The monoisotopic (exact) mass is 547 g/mol. The van der Waals surface area contributed by atoms with Crippen LogP contribution < -0.4 is 14.5 Å². The summed E-state index contributed by atoms with van der Waals surface area (Å²) >= 11 is 5.53. The van der Waals surface area contributed by atoms with Gasteiger partial charge in [0.15, 0.2) is 22.4 Å². The number of halogens is 4. The van der Waals surface area contributed by atoms with Gasteiger partial charge in [-0.3, -0.25) is 9.69 Å². The fourth-order valence-electron chi connectivity index (χ4n) is 5.42. The van der Waals surface area contributed by atoms with Crippen LogP contribution in [0, 0.1) is 17.1 Å². The maximum Gasteiger partial charge on any atom is 0.421 e. The van der Waals surface area contributed by atoms with E-state index in [1.165, 1.54) is 35.9 Å². The molecule has 2 saturated heterocycles. The summed E-state index contributed by atoms with van der Waals surface area (Å²) < 4.78 is 62.6. The molecule has 1 aliphatic carbocycles. The summed E-state index contributed by atoms with van der Waals surface area (Å²) in [6.07, 6.45) is 0.555. The Morgan fingerprint density at radius 2 is 1.89 bits per heavy atom. The summed E-state index contributed by atoms with van der Waals surface area (Å²) in [6.45, 7) is 3.36. The number of anilines is 2. The third-order valence-corrected chi connectivity index (χ3v) is 7.77. The van der Waals surface area contributed by atoms with Crippen molar-refractivity contribution in [2.75, 3.05) is 36.0 Å². The van der Waals surface area contributed by atoms with Crippen LogP contribution in [-0.4, -0.2) is 52.7 Å².